The predicted molar refractivity (Wildman–Crippen MR) is 78.7 cm³/mol. The summed E-state index contributed by atoms with van der Waals surface area (Å²) in [5, 5.41) is 0. The van der Waals surface area contributed by atoms with Gasteiger partial charge in [0.2, 0.25) is 0 Å². The van der Waals surface area contributed by atoms with E-state index in [1.807, 2.05) is 0 Å². The molecule has 19 heavy (non-hydrogen) atoms. The van der Waals surface area contributed by atoms with Crippen molar-refractivity contribution >= 4 is 5.71 Å². The van der Waals surface area contributed by atoms with Crippen molar-refractivity contribution in [3.05, 3.63) is 0 Å². The lowest BCUT2D eigenvalue weighted by molar-refractivity contribution is -0.0750. The van der Waals surface area contributed by atoms with Gasteiger partial charge in [0, 0.05) is 19.2 Å². The highest BCUT2D eigenvalue weighted by atomic mass is 16.7. The molecule has 0 aromatic heterocycles. The lowest BCUT2D eigenvalue weighted by Gasteiger charge is -2.32. The Morgan fingerprint density at radius 2 is 2.00 bits per heavy atom. The van der Waals surface area contributed by atoms with Crippen molar-refractivity contribution < 1.29 is 9.47 Å². The van der Waals surface area contributed by atoms with Crippen molar-refractivity contribution in [3.8, 4) is 0 Å². The molecule has 0 radical (unpaired) electrons. The largest absolute Gasteiger partial charge is 0.359 e. The molecule has 1 heterocycles. The first kappa shape index (κ1) is 15.0. The van der Waals surface area contributed by atoms with Gasteiger partial charge in [0.25, 0.3) is 0 Å². The van der Waals surface area contributed by atoms with Crippen LogP contribution in [0.2, 0.25) is 0 Å². The fourth-order valence-electron chi connectivity index (χ4n) is 3.47. The Kier molecular flexibility index (Phi) is 6.32. The lowest BCUT2D eigenvalue weighted by atomic mass is 9.81. The monoisotopic (exact) mass is 267 g/mol. The first-order valence-electron chi connectivity index (χ1n) is 8.00. The molecule has 110 valence electrons. The summed E-state index contributed by atoms with van der Waals surface area (Å²) in [6.07, 6.45) is 11.7. The van der Waals surface area contributed by atoms with Crippen LogP contribution in [0.5, 0.6) is 0 Å². The molecule has 2 unspecified atom stereocenters. The number of nitrogens with zero attached hydrogens (tertiary/aromatic N) is 1. The molecule has 0 aromatic rings. The van der Waals surface area contributed by atoms with E-state index >= 15 is 0 Å². The van der Waals surface area contributed by atoms with Gasteiger partial charge in [-0.15, -0.1) is 0 Å². The van der Waals surface area contributed by atoms with E-state index in [9.17, 15) is 0 Å². The first-order chi connectivity index (χ1) is 9.33. The molecule has 0 amide bonds. The highest BCUT2D eigenvalue weighted by molar-refractivity contribution is 5.88. The van der Waals surface area contributed by atoms with Crippen LogP contribution in [0, 0.1) is 5.92 Å². The predicted octanol–water partition coefficient (Wildman–Crippen LogP) is 3.96. The fourth-order valence-corrected chi connectivity index (χ4v) is 3.47. The van der Waals surface area contributed by atoms with Crippen molar-refractivity contribution in [1.82, 2.24) is 0 Å². The molecule has 0 saturated heterocycles. The minimum absolute atomic E-state index is 0.325. The zero-order valence-corrected chi connectivity index (χ0v) is 12.6. The van der Waals surface area contributed by atoms with Crippen molar-refractivity contribution in [3.63, 3.8) is 0 Å². The van der Waals surface area contributed by atoms with Gasteiger partial charge in [-0.05, 0) is 31.6 Å². The summed E-state index contributed by atoms with van der Waals surface area (Å²) in [7, 11) is 1.70. The molecular formula is C16H29NO2. The van der Waals surface area contributed by atoms with Crippen LogP contribution in [0.3, 0.4) is 0 Å². The second-order valence-corrected chi connectivity index (χ2v) is 6.03. The minimum atomic E-state index is 0.325. The van der Waals surface area contributed by atoms with Gasteiger partial charge >= 0.3 is 0 Å². The first-order valence-corrected chi connectivity index (χ1v) is 8.00. The normalized spacial score (nSPS) is 29.3. The summed E-state index contributed by atoms with van der Waals surface area (Å²) in [5.74, 6) is 0.738. The lowest BCUT2D eigenvalue weighted by Crippen LogP contribution is -2.33. The topological polar surface area (TPSA) is 30.8 Å². The van der Waals surface area contributed by atoms with E-state index in [0.717, 1.165) is 18.8 Å². The summed E-state index contributed by atoms with van der Waals surface area (Å²) in [6.45, 7) is 2.66. The van der Waals surface area contributed by atoms with Gasteiger partial charge in [-0.2, -0.15) is 0 Å². The molecule has 0 bridgehead atoms. The molecule has 0 aromatic carbocycles. The molecule has 2 rings (SSSR count). The average molecular weight is 267 g/mol. The van der Waals surface area contributed by atoms with E-state index in [0.29, 0.717) is 18.9 Å². The minimum Gasteiger partial charge on any atom is -0.359 e. The Balaban J connectivity index is 1.97. The summed E-state index contributed by atoms with van der Waals surface area (Å²) in [4.78, 5) is 5.05. The maximum absolute atomic E-state index is 5.83. The number of methoxy groups -OCH3 is 1. The van der Waals surface area contributed by atoms with Gasteiger partial charge < -0.3 is 9.47 Å². The van der Waals surface area contributed by atoms with E-state index < -0.39 is 0 Å². The molecule has 0 spiro atoms. The molecule has 1 aliphatic carbocycles. The van der Waals surface area contributed by atoms with Crippen LogP contribution in [-0.2, 0) is 9.47 Å². The second-order valence-electron chi connectivity index (χ2n) is 6.03. The zero-order chi connectivity index (χ0) is 13.5. The Bertz CT molecular complexity index is 284. The van der Waals surface area contributed by atoms with E-state index in [4.69, 9.17) is 14.5 Å². The van der Waals surface area contributed by atoms with Crippen LogP contribution in [0.1, 0.15) is 64.7 Å². The molecule has 0 N–H and O–H groups in total. The quantitative estimate of drug-likeness (QED) is 0.682. The van der Waals surface area contributed by atoms with Crippen LogP contribution in [0.25, 0.3) is 0 Å². The summed E-state index contributed by atoms with van der Waals surface area (Å²) < 4.78 is 10.9. The van der Waals surface area contributed by atoms with Crippen LogP contribution < -0.4 is 0 Å². The van der Waals surface area contributed by atoms with Crippen molar-refractivity contribution in [2.24, 2.45) is 10.9 Å². The summed E-state index contributed by atoms with van der Waals surface area (Å²) in [6, 6.07) is 0.484. The van der Waals surface area contributed by atoms with Gasteiger partial charge in [-0.25, -0.2) is 0 Å². The molecule has 2 aliphatic rings. The number of hydrogen-bond acceptors (Lipinski definition) is 3. The molecule has 1 aliphatic heterocycles. The Labute approximate surface area is 117 Å². The Hall–Kier alpha value is -0.410. The third kappa shape index (κ3) is 4.57. The molecule has 1 saturated carbocycles. The highest BCUT2D eigenvalue weighted by Crippen LogP contribution is 2.31. The molecule has 3 nitrogen and oxygen atoms in total. The zero-order valence-electron chi connectivity index (χ0n) is 12.6. The third-order valence-electron chi connectivity index (χ3n) is 4.44. The van der Waals surface area contributed by atoms with E-state index in [1.165, 1.54) is 50.7 Å². The average Bonchev–Trinajstić information content (AvgIpc) is 2.46. The maximum atomic E-state index is 5.83. The SMILES string of the molecule is CCCC1CC(OCOC)CC(C2CCCCC2)=N1. The summed E-state index contributed by atoms with van der Waals surface area (Å²) >= 11 is 0. The number of ether oxygens (including phenoxy) is 2. The van der Waals surface area contributed by atoms with Gasteiger partial charge in [-0.1, -0.05) is 32.6 Å². The standard InChI is InChI=1S/C16H29NO2/c1-3-7-14-10-15(19-12-18-2)11-16(17-14)13-8-5-4-6-9-13/h13-15H,3-12H2,1-2H3. The smallest absolute Gasteiger partial charge is 0.146 e. The molecule has 3 heteroatoms. The van der Waals surface area contributed by atoms with Crippen LogP contribution >= 0.6 is 0 Å². The van der Waals surface area contributed by atoms with Crippen molar-refractivity contribution in [1.29, 1.82) is 0 Å². The maximum Gasteiger partial charge on any atom is 0.146 e. The molecule has 2 atom stereocenters. The van der Waals surface area contributed by atoms with E-state index in [-0.39, 0.29) is 0 Å². The fraction of sp³-hybridized carbons (Fsp3) is 0.938. The van der Waals surface area contributed by atoms with Crippen LogP contribution in [0.4, 0.5) is 0 Å². The highest BCUT2D eigenvalue weighted by Gasteiger charge is 2.28. The van der Waals surface area contributed by atoms with Crippen molar-refractivity contribution in [2.45, 2.75) is 76.9 Å². The van der Waals surface area contributed by atoms with E-state index in [2.05, 4.69) is 6.92 Å². The van der Waals surface area contributed by atoms with E-state index in [1.54, 1.807) is 7.11 Å². The Morgan fingerprint density at radius 1 is 1.21 bits per heavy atom. The number of aliphatic imine (C=N–C) groups is 1. The number of rotatable bonds is 6. The summed E-state index contributed by atoms with van der Waals surface area (Å²) in [5.41, 5.74) is 1.45. The number of hydrogen-bond donors (Lipinski definition) is 0. The van der Waals surface area contributed by atoms with Crippen molar-refractivity contribution in [2.75, 3.05) is 13.9 Å². The van der Waals surface area contributed by atoms with Gasteiger partial charge in [0.15, 0.2) is 0 Å². The van der Waals surface area contributed by atoms with Gasteiger partial charge in [0.05, 0.1) is 12.1 Å². The Morgan fingerprint density at radius 3 is 2.68 bits per heavy atom. The van der Waals surface area contributed by atoms with Crippen LogP contribution in [-0.4, -0.2) is 31.8 Å². The van der Waals surface area contributed by atoms with Gasteiger partial charge in [0.1, 0.15) is 6.79 Å². The third-order valence-corrected chi connectivity index (χ3v) is 4.44. The second kappa shape index (κ2) is 8.01. The molecule has 1 fully saturated rings. The van der Waals surface area contributed by atoms with Crippen LogP contribution in [0.15, 0.2) is 4.99 Å². The van der Waals surface area contributed by atoms with Gasteiger partial charge in [-0.3, -0.25) is 4.99 Å². The molecular weight excluding hydrogens is 238 g/mol.